The van der Waals surface area contributed by atoms with Gasteiger partial charge in [0, 0.05) is 5.56 Å². The zero-order valence-corrected chi connectivity index (χ0v) is 6.99. The van der Waals surface area contributed by atoms with Gasteiger partial charge in [-0.25, -0.2) is 0 Å². The third-order valence-electron chi connectivity index (χ3n) is 1.34. The van der Waals surface area contributed by atoms with Crippen LogP contribution in [0.5, 0.6) is 0 Å². The van der Waals surface area contributed by atoms with Crippen LogP contribution in [0, 0.1) is 0 Å². The standard InChI is InChI=1S/C7H7BO3.ClH/c9-5-6-2-1-3-7(4-6)8(10)11;/h1-5,10-11H;1H. The Morgan fingerprint density at radius 1 is 1.33 bits per heavy atom. The monoisotopic (exact) mass is 186 g/mol. The van der Waals surface area contributed by atoms with E-state index in [-0.39, 0.29) is 12.4 Å². The van der Waals surface area contributed by atoms with Gasteiger partial charge in [0.2, 0.25) is 0 Å². The Hall–Kier alpha value is -0.835. The van der Waals surface area contributed by atoms with E-state index in [0.717, 1.165) is 0 Å². The zero-order chi connectivity index (χ0) is 8.27. The number of rotatable bonds is 2. The van der Waals surface area contributed by atoms with Gasteiger partial charge in [0.1, 0.15) is 6.29 Å². The third kappa shape index (κ3) is 2.66. The van der Waals surface area contributed by atoms with E-state index in [4.69, 9.17) is 10.0 Å². The number of hydrogen-bond donors (Lipinski definition) is 2. The molecule has 3 nitrogen and oxygen atoms in total. The highest BCUT2D eigenvalue weighted by Gasteiger charge is 2.09. The molecule has 1 rings (SSSR count). The predicted molar refractivity (Wildman–Crippen MR) is 48.9 cm³/mol. The van der Waals surface area contributed by atoms with Gasteiger partial charge in [-0.2, -0.15) is 0 Å². The van der Waals surface area contributed by atoms with Crippen LogP contribution in [0.4, 0.5) is 0 Å². The van der Waals surface area contributed by atoms with Crippen molar-refractivity contribution < 1.29 is 14.8 Å². The topological polar surface area (TPSA) is 57.5 Å². The molecular formula is C7H8BClO3. The summed E-state index contributed by atoms with van der Waals surface area (Å²) in [4.78, 5) is 10.2. The number of carbonyl (C=O) groups excluding carboxylic acids is 1. The highest BCUT2D eigenvalue weighted by Crippen LogP contribution is 1.91. The van der Waals surface area contributed by atoms with Gasteiger partial charge < -0.3 is 10.0 Å². The molecule has 0 bridgehead atoms. The van der Waals surface area contributed by atoms with Crippen molar-refractivity contribution >= 4 is 31.3 Å². The normalized spacial score (nSPS) is 8.50. The van der Waals surface area contributed by atoms with Crippen molar-refractivity contribution in [1.29, 1.82) is 0 Å². The van der Waals surface area contributed by atoms with Crippen LogP contribution in [0.15, 0.2) is 24.3 Å². The van der Waals surface area contributed by atoms with Gasteiger partial charge in [-0.3, -0.25) is 4.79 Å². The lowest BCUT2D eigenvalue weighted by Crippen LogP contribution is -2.29. The van der Waals surface area contributed by atoms with Gasteiger partial charge in [-0.1, -0.05) is 24.3 Å². The fraction of sp³-hybridized carbons (Fsp3) is 0. The maximum Gasteiger partial charge on any atom is 0.488 e. The van der Waals surface area contributed by atoms with Crippen molar-refractivity contribution in [1.82, 2.24) is 0 Å². The predicted octanol–water partition coefficient (Wildman–Crippen LogP) is -0.399. The quantitative estimate of drug-likeness (QED) is 0.488. The summed E-state index contributed by atoms with van der Waals surface area (Å²) >= 11 is 0. The largest absolute Gasteiger partial charge is 0.488 e. The van der Waals surface area contributed by atoms with Crippen LogP contribution in [0.2, 0.25) is 0 Å². The highest BCUT2D eigenvalue weighted by atomic mass is 35.5. The molecule has 1 aromatic carbocycles. The first-order valence-electron chi connectivity index (χ1n) is 3.15. The van der Waals surface area contributed by atoms with Crippen LogP contribution in [0.1, 0.15) is 10.4 Å². The van der Waals surface area contributed by atoms with E-state index in [1.807, 2.05) is 0 Å². The average Bonchev–Trinajstić information content (AvgIpc) is 2.05. The number of benzene rings is 1. The Labute approximate surface area is 76.6 Å². The van der Waals surface area contributed by atoms with Gasteiger partial charge in [0.15, 0.2) is 0 Å². The average molecular weight is 186 g/mol. The molecule has 0 aliphatic heterocycles. The second-order valence-electron chi connectivity index (χ2n) is 2.16. The second kappa shape index (κ2) is 4.93. The molecule has 1 aromatic rings. The molecule has 0 radical (unpaired) electrons. The van der Waals surface area contributed by atoms with Crippen LogP contribution in [0.25, 0.3) is 0 Å². The molecule has 0 unspecified atom stereocenters. The molecule has 5 heteroatoms. The third-order valence-corrected chi connectivity index (χ3v) is 1.34. The van der Waals surface area contributed by atoms with E-state index in [9.17, 15) is 4.79 Å². The number of halogens is 1. The summed E-state index contributed by atoms with van der Waals surface area (Å²) in [5.41, 5.74) is 0.769. The van der Waals surface area contributed by atoms with Crippen LogP contribution in [0.3, 0.4) is 0 Å². The maximum absolute atomic E-state index is 10.2. The molecule has 0 aliphatic carbocycles. The molecule has 12 heavy (non-hydrogen) atoms. The van der Waals surface area contributed by atoms with Crippen molar-refractivity contribution in [2.45, 2.75) is 0 Å². The fourth-order valence-corrected chi connectivity index (χ4v) is 0.793. The zero-order valence-electron chi connectivity index (χ0n) is 6.18. The number of carbonyl (C=O) groups is 1. The number of aldehydes is 1. The van der Waals surface area contributed by atoms with E-state index in [0.29, 0.717) is 17.3 Å². The summed E-state index contributed by atoms with van der Waals surface area (Å²) in [6.45, 7) is 0. The molecule has 0 saturated carbocycles. The Morgan fingerprint density at radius 3 is 2.50 bits per heavy atom. The van der Waals surface area contributed by atoms with Crippen molar-refractivity contribution in [3.63, 3.8) is 0 Å². The summed E-state index contributed by atoms with van der Waals surface area (Å²) in [6.07, 6.45) is 0.659. The summed E-state index contributed by atoms with van der Waals surface area (Å²) in [5, 5.41) is 17.4. The second-order valence-corrected chi connectivity index (χ2v) is 2.16. The highest BCUT2D eigenvalue weighted by molar-refractivity contribution is 6.58. The first-order chi connectivity index (χ1) is 5.24. The molecular weight excluding hydrogens is 178 g/mol. The Bertz CT molecular complexity index is 265. The molecule has 2 N–H and O–H groups in total. The van der Waals surface area contributed by atoms with Gasteiger partial charge in [-0.05, 0) is 5.46 Å². The van der Waals surface area contributed by atoms with E-state index in [1.54, 1.807) is 12.1 Å². The van der Waals surface area contributed by atoms with Gasteiger partial charge in [0.05, 0.1) is 0 Å². The van der Waals surface area contributed by atoms with Crippen molar-refractivity contribution in [2.24, 2.45) is 0 Å². The molecule has 0 aromatic heterocycles. The van der Waals surface area contributed by atoms with Gasteiger partial charge in [0.25, 0.3) is 0 Å². The van der Waals surface area contributed by atoms with Crippen LogP contribution in [-0.4, -0.2) is 23.5 Å². The minimum Gasteiger partial charge on any atom is -0.423 e. The molecule has 0 amide bonds. The fourth-order valence-electron chi connectivity index (χ4n) is 0.793. The minimum atomic E-state index is -1.50. The molecule has 0 fully saturated rings. The SMILES string of the molecule is Cl.O=Cc1cccc(B(O)O)c1. The molecule has 0 aliphatic rings. The lowest BCUT2D eigenvalue weighted by molar-refractivity contribution is 0.112. The molecule has 64 valence electrons. The lowest BCUT2D eigenvalue weighted by Gasteiger charge is -1.97. The van der Waals surface area contributed by atoms with Crippen molar-refractivity contribution in [3.05, 3.63) is 29.8 Å². The summed E-state index contributed by atoms with van der Waals surface area (Å²) in [7, 11) is -1.50. The lowest BCUT2D eigenvalue weighted by atomic mass is 9.80. The van der Waals surface area contributed by atoms with E-state index in [1.165, 1.54) is 12.1 Å². The first-order valence-corrected chi connectivity index (χ1v) is 3.15. The molecule has 0 atom stereocenters. The minimum absolute atomic E-state index is 0. The van der Waals surface area contributed by atoms with Gasteiger partial charge >= 0.3 is 7.12 Å². The Balaban J connectivity index is 0.00000121. The van der Waals surface area contributed by atoms with Crippen LogP contribution < -0.4 is 5.46 Å². The first kappa shape index (κ1) is 11.2. The summed E-state index contributed by atoms with van der Waals surface area (Å²) in [5.74, 6) is 0. The Morgan fingerprint density at radius 2 is 2.00 bits per heavy atom. The van der Waals surface area contributed by atoms with Crippen LogP contribution >= 0.6 is 12.4 Å². The van der Waals surface area contributed by atoms with E-state index >= 15 is 0 Å². The Kier molecular flexibility index (Phi) is 4.58. The number of hydrogen-bond acceptors (Lipinski definition) is 3. The van der Waals surface area contributed by atoms with Crippen molar-refractivity contribution in [3.8, 4) is 0 Å². The summed E-state index contributed by atoms with van der Waals surface area (Å²) in [6, 6.07) is 6.16. The molecule has 0 heterocycles. The van der Waals surface area contributed by atoms with Gasteiger partial charge in [-0.15, -0.1) is 12.4 Å². The van der Waals surface area contributed by atoms with Crippen LogP contribution in [-0.2, 0) is 0 Å². The van der Waals surface area contributed by atoms with E-state index in [2.05, 4.69) is 0 Å². The smallest absolute Gasteiger partial charge is 0.423 e. The maximum atomic E-state index is 10.2. The summed E-state index contributed by atoms with van der Waals surface area (Å²) < 4.78 is 0. The molecule has 0 spiro atoms. The van der Waals surface area contributed by atoms with Crippen molar-refractivity contribution in [2.75, 3.05) is 0 Å². The molecule has 0 saturated heterocycles. The van der Waals surface area contributed by atoms with E-state index < -0.39 is 7.12 Å².